The number of hydrogen-bond acceptors (Lipinski definition) is 22. The van der Waals surface area contributed by atoms with Crippen molar-refractivity contribution in [2.24, 2.45) is 0 Å². The van der Waals surface area contributed by atoms with Gasteiger partial charge in [-0.1, -0.05) is 173 Å². The lowest BCUT2D eigenvalue weighted by atomic mass is 10.1. The van der Waals surface area contributed by atoms with E-state index in [0.717, 1.165) is 57.3 Å². The molecule has 26 heteroatoms. The molecule has 8 rings (SSSR count). The Morgan fingerprint density at radius 2 is 0.694 bits per heavy atom. The molecule has 0 unspecified atom stereocenters. The van der Waals surface area contributed by atoms with Gasteiger partial charge in [-0.25, -0.2) is 24.0 Å². The number of rotatable bonds is 32. The average molecular weight is 1810 g/mol. The normalized spacial score (nSPS) is 10.8. The molecular weight excluding hydrogens is 1680 g/mol. The summed E-state index contributed by atoms with van der Waals surface area (Å²) in [5.74, 6) is 0.290. The van der Waals surface area contributed by atoms with Crippen LogP contribution in [-0.2, 0) is 85.7 Å². The molecular formula is C95H124Br2O24. The number of aliphatic hydroxyl groups is 1. The number of aldehydes is 2. The monoisotopic (exact) mass is 1810 g/mol. The van der Waals surface area contributed by atoms with Gasteiger partial charge in [-0.3, -0.25) is 14.4 Å². The highest BCUT2D eigenvalue weighted by Gasteiger charge is 2.36. The summed E-state index contributed by atoms with van der Waals surface area (Å²) in [4.78, 5) is 90.1. The van der Waals surface area contributed by atoms with Crippen LogP contribution in [0.5, 0.6) is 51.7 Å². The molecule has 5 N–H and O–H groups in total. The van der Waals surface area contributed by atoms with Crippen molar-refractivity contribution < 1.29 is 116 Å². The SMILES string of the molecule is CC.CCOC(=O)C(C)(C)Br.CCOC(=O)C(C)(C)Oc1ccc(C)cc1CBr.CCOC(=O)C(C)(C)Oc1ccc(O)cc1CO.CCOC(=O)C(C)(C)Oc1ccc(OCc2ccccc2)cc1C=O.CCc1cc(C)ccc1OC(C)(C)C(=O)O.CCc1cc(C)ccc1OC(C)(C)C(=O)O.O=Cc1cc(OCc2ccccc2)ccc1O. The molecule has 0 saturated carbocycles. The van der Waals surface area contributed by atoms with Crippen LogP contribution in [0.15, 0.2) is 170 Å². The van der Waals surface area contributed by atoms with Crippen LogP contribution < -0.4 is 33.2 Å². The number of carbonyl (C=O) groups is 8. The maximum absolute atomic E-state index is 11.9. The van der Waals surface area contributed by atoms with Gasteiger partial charge in [0.15, 0.2) is 40.6 Å². The van der Waals surface area contributed by atoms with Gasteiger partial charge in [-0.05, 0) is 239 Å². The van der Waals surface area contributed by atoms with Crippen molar-refractivity contribution in [1.82, 2.24) is 0 Å². The summed E-state index contributed by atoms with van der Waals surface area (Å²) in [5, 5.41) is 46.5. The van der Waals surface area contributed by atoms with E-state index < -0.39 is 56.2 Å². The highest BCUT2D eigenvalue weighted by molar-refractivity contribution is 9.10. The number of phenolic OH excluding ortho intramolecular Hbond substituents is 2. The predicted molar refractivity (Wildman–Crippen MR) is 476 cm³/mol. The molecule has 0 fully saturated rings. The molecule has 0 bridgehead atoms. The van der Waals surface area contributed by atoms with Crippen molar-refractivity contribution in [3.8, 4) is 51.7 Å². The number of esters is 4. The van der Waals surface area contributed by atoms with Crippen LogP contribution in [0.1, 0.15) is 209 Å². The van der Waals surface area contributed by atoms with Crippen molar-refractivity contribution in [2.75, 3.05) is 26.4 Å². The smallest absolute Gasteiger partial charge is 0.349 e. The van der Waals surface area contributed by atoms with Gasteiger partial charge >= 0.3 is 35.8 Å². The number of phenols is 2. The zero-order chi connectivity index (χ0) is 92.1. The van der Waals surface area contributed by atoms with E-state index in [1.807, 2.05) is 164 Å². The summed E-state index contributed by atoms with van der Waals surface area (Å²) in [6.45, 7) is 42.4. The number of aliphatic carboxylic acids is 2. The van der Waals surface area contributed by atoms with Gasteiger partial charge in [0, 0.05) is 16.5 Å². The topological polar surface area (TPSA) is 339 Å². The quantitative estimate of drug-likeness (QED) is 0.0113. The minimum absolute atomic E-state index is 0.0281. The lowest BCUT2D eigenvalue weighted by molar-refractivity contribution is -0.159. The highest BCUT2D eigenvalue weighted by atomic mass is 79.9. The summed E-state index contributed by atoms with van der Waals surface area (Å²) >= 11 is 6.59. The number of hydrogen-bond donors (Lipinski definition) is 5. The zero-order valence-corrected chi connectivity index (χ0v) is 77.3. The Morgan fingerprint density at radius 1 is 0.380 bits per heavy atom. The fraction of sp³-hybridized carbons (Fsp3) is 0.411. The number of carboxylic acids is 2. The molecule has 0 amide bonds. The molecule has 121 heavy (non-hydrogen) atoms. The maximum Gasteiger partial charge on any atom is 0.349 e. The third-order valence-corrected chi connectivity index (χ3v) is 17.3. The van der Waals surface area contributed by atoms with E-state index in [-0.39, 0.29) is 48.8 Å². The Morgan fingerprint density at radius 3 is 1.02 bits per heavy atom. The molecule has 0 radical (unpaired) electrons. The second kappa shape index (κ2) is 53.6. The molecule has 0 saturated heterocycles. The van der Waals surface area contributed by atoms with Gasteiger partial charge < -0.3 is 77.6 Å². The fourth-order valence-electron chi connectivity index (χ4n) is 9.67. The van der Waals surface area contributed by atoms with E-state index in [0.29, 0.717) is 95.7 Å². The first-order valence-corrected chi connectivity index (χ1v) is 41.5. The van der Waals surface area contributed by atoms with Crippen LogP contribution >= 0.6 is 31.9 Å². The van der Waals surface area contributed by atoms with Crippen LogP contribution in [0.4, 0.5) is 0 Å². The third kappa shape index (κ3) is 39.4. The molecule has 8 aromatic rings. The fourth-order valence-corrected chi connectivity index (χ4v) is 10.2. The molecule has 0 atom stereocenters. The van der Waals surface area contributed by atoms with Crippen molar-refractivity contribution in [3.63, 3.8) is 0 Å². The first kappa shape index (κ1) is 108. The number of aryl methyl sites for hydroxylation is 5. The Kier molecular flexibility index (Phi) is 47.9. The van der Waals surface area contributed by atoms with E-state index in [4.69, 9.17) is 62.3 Å². The van der Waals surface area contributed by atoms with E-state index in [1.165, 1.54) is 30.3 Å². The van der Waals surface area contributed by atoms with Crippen molar-refractivity contribution in [3.05, 3.63) is 231 Å². The summed E-state index contributed by atoms with van der Waals surface area (Å²) in [6, 6.07) is 50.7. The Labute approximate surface area is 730 Å². The summed E-state index contributed by atoms with van der Waals surface area (Å²) in [6.07, 6.45) is 2.93. The van der Waals surface area contributed by atoms with Crippen LogP contribution in [0.25, 0.3) is 0 Å². The van der Waals surface area contributed by atoms with E-state index in [1.54, 1.807) is 135 Å². The first-order chi connectivity index (χ1) is 56.8. The van der Waals surface area contributed by atoms with Crippen molar-refractivity contribution in [1.29, 1.82) is 0 Å². The molecule has 0 spiro atoms. The Bertz CT molecular complexity index is 4370. The summed E-state index contributed by atoms with van der Waals surface area (Å²) < 4.78 is 58.4. The largest absolute Gasteiger partial charge is 0.508 e. The number of halogens is 2. The molecule has 24 nitrogen and oxygen atoms in total. The van der Waals surface area contributed by atoms with Crippen LogP contribution in [0.3, 0.4) is 0 Å². The summed E-state index contributed by atoms with van der Waals surface area (Å²) in [5.41, 5.74) is 3.85. The average Bonchev–Trinajstić information content (AvgIpc) is 0.822. The van der Waals surface area contributed by atoms with Gasteiger partial charge in [-0.2, -0.15) is 0 Å². The van der Waals surface area contributed by atoms with E-state index in [2.05, 4.69) is 31.9 Å². The van der Waals surface area contributed by atoms with Gasteiger partial charge in [-0.15, -0.1) is 0 Å². The molecule has 0 aromatic heterocycles. The van der Waals surface area contributed by atoms with Crippen LogP contribution in [0.2, 0.25) is 0 Å². The molecule has 8 aromatic carbocycles. The number of carboxylic acid groups (broad SMARTS) is 2. The molecule has 0 aliphatic rings. The molecule has 0 aliphatic heterocycles. The number of benzene rings is 8. The predicted octanol–water partition coefficient (Wildman–Crippen LogP) is 20.1. The number of ether oxygens (including phenoxy) is 11. The highest BCUT2D eigenvalue weighted by Crippen LogP contribution is 2.33. The maximum atomic E-state index is 11.9. The minimum atomic E-state index is -1.20. The standard InChI is InChI=1S/C20H22O5.C14H19BrO3.C14H12O3.C13H18O5.2C13H18O3.C6H11BrO2.C2H6/c1-4-23-19(22)20(2,3)25-18-11-10-17(12-16(18)13-21)24-14-15-8-6-5-7-9-15;1-5-17-13(16)14(3,4)18-12-7-6-10(2)8-11(12)9-15;15-9-12-8-13(6-7-14(12)16)17-10-11-4-2-1-3-5-11;1-4-17-12(16)13(2,3)18-11-6-5-10(15)7-9(11)8-14;2*1-5-10-8-9(2)6-7-11(10)16-13(3,4)12(14)15;1-4-9-5(8)6(2,3)7;1-2/h5-13H,4,14H2,1-3H3;6-8H,5,9H2,1-4H3;1-9,16H,10H2;5-7,14-15H,4,8H2,1-3H3;2*6-8H,5H2,1-4H3,(H,14,15);4H2,1-3H3;1-2H3. The van der Waals surface area contributed by atoms with E-state index >= 15 is 0 Å². The lowest BCUT2D eigenvalue weighted by Gasteiger charge is -2.25. The second-order valence-electron chi connectivity index (χ2n) is 29.4. The molecule has 0 heterocycles. The first-order valence-electron chi connectivity index (χ1n) is 39.6. The van der Waals surface area contributed by atoms with Gasteiger partial charge in [0.1, 0.15) is 69.3 Å². The minimum Gasteiger partial charge on any atom is -0.508 e. The van der Waals surface area contributed by atoms with Crippen LogP contribution in [0, 0.1) is 20.8 Å². The van der Waals surface area contributed by atoms with Crippen LogP contribution in [-0.4, -0.2) is 133 Å². The Balaban J connectivity index is 0.000000713. The van der Waals surface area contributed by atoms with Crippen molar-refractivity contribution in [2.45, 2.75) is 230 Å². The number of alkyl halides is 2. The van der Waals surface area contributed by atoms with Gasteiger partial charge in [0.25, 0.3) is 0 Å². The zero-order valence-electron chi connectivity index (χ0n) is 74.1. The van der Waals surface area contributed by atoms with E-state index in [9.17, 15) is 53.7 Å². The lowest BCUT2D eigenvalue weighted by Crippen LogP contribution is -2.40. The second-order valence-corrected chi connectivity index (χ2v) is 31.9. The third-order valence-electron chi connectivity index (χ3n) is 16.4. The number of aliphatic hydroxyl groups excluding tert-OH is 1. The summed E-state index contributed by atoms with van der Waals surface area (Å²) in [7, 11) is 0. The Hall–Kier alpha value is -11.0. The van der Waals surface area contributed by atoms with Crippen molar-refractivity contribution >= 4 is 80.2 Å². The molecule has 0 aliphatic carbocycles. The molecule has 662 valence electrons. The van der Waals surface area contributed by atoms with Gasteiger partial charge in [0.05, 0.1) is 44.2 Å². The number of aromatic hydroxyl groups is 2. The number of carbonyl (C=O) groups excluding carboxylic acids is 6. The van der Waals surface area contributed by atoms with Gasteiger partial charge in [0.2, 0.25) is 0 Å².